The van der Waals surface area contributed by atoms with E-state index in [9.17, 15) is 4.79 Å². The van der Waals surface area contributed by atoms with Crippen LogP contribution in [0.2, 0.25) is 0 Å². The van der Waals surface area contributed by atoms with E-state index >= 15 is 0 Å². The molecule has 0 unspecified atom stereocenters. The Morgan fingerprint density at radius 1 is 1.22 bits per heavy atom. The molecule has 1 aliphatic rings. The average molecular weight is 312 g/mol. The van der Waals surface area contributed by atoms with Gasteiger partial charge in [0.1, 0.15) is 11.3 Å². The maximum Gasteiger partial charge on any atom is 0.261 e. The van der Waals surface area contributed by atoms with Crippen LogP contribution >= 0.6 is 0 Å². The predicted octanol–water partition coefficient (Wildman–Crippen LogP) is 3.22. The molecule has 2 aromatic heterocycles. The van der Waals surface area contributed by atoms with Crippen molar-refractivity contribution in [1.82, 2.24) is 5.16 Å². The Balaban J connectivity index is 1.64. The monoisotopic (exact) mass is 312 g/mol. The number of furan rings is 1. The van der Waals surface area contributed by atoms with Crippen molar-refractivity contribution in [3.05, 3.63) is 47.9 Å². The number of anilines is 1. The van der Waals surface area contributed by atoms with Gasteiger partial charge in [0.25, 0.3) is 5.91 Å². The van der Waals surface area contributed by atoms with Crippen LogP contribution < -0.4 is 14.8 Å². The van der Waals surface area contributed by atoms with Crippen molar-refractivity contribution in [3.8, 4) is 23.0 Å². The number of carbonyl (C=O) groups excluding carboxylic acids is 1. The lowest BCUT2D eigenvalue weighted by molar-refractivity contribution is 0.102. The SMILES string of the molecule is Cc1onc(-c2ccco2)c1C(=O)Nc1ccc2c(c1)OCO2. The van der Waals surface area contributed by atoms with E-state index < -0.39 is 0 Å². The Morgan fingerprint density at radius 2 is 2.09 bits per heavy atom. The smallest absolute Gasteiger partial charge is 0.261 e. The number of ether oxygens (including phenoxy) is 2. The zero-order valence-electron chi connectivity index (χ0n) is 12.2. The van der Waals surface area contributed by atoms with Crippen LogP contribution in [0.5, 0.6) is 11.5 Å². The fourth-order valence-corrected chi connectivity index (χ4v) is 2.39. The zero-order valence-corrected chi connectivity index (χ0v) is 12.2. The first kappa shape index (κ1) is 13.4. The molecule has 0 saturated heterocycles. The van der Waals surface area contributed by atoms with Crippen LogP contribution in [0, 0.1) is 6.92 Å². The van der Waals surface area contributed by atoms with Crippen LogP contribution in [0.3, 0.4) is 0 Å². The third-order valence-corrected chi connectivity index (χ3v) is 3.47. The molecule has 1 aromatic carbocycles. The summed E-state index contributed by atoms with van der Waals surface area (Å²) in [5.41, 5.74) is 1.29. The van der Waals surface area contributed by atoms with Crippen molar-refractivity contribution in [3.63, 3.8) is 0 Å². The minimum absolute atomic E-state index is 0.181. The Hall–Kier alpha value is -3.22. The molecule has 0 aliphatic carbocycles. The van der Waals surface area contributed by atoms with Gasteiger partial charge in [0.15, 0.2) is 23.0 Å². The van der Waals surface area contributed by atoms with Gasteiger partial charge in [-0.3, -0.25) is 4.79 Å². The molecule has 0 radical (unpaired) electrons. The van der Waals surface area contributed by atoms with Crippen molar-refractivity contribution in [2.24, 2.45) is 0 Å². The summed E-state index contributed by atoms with van der Waals surface area (Å²) in [6.45, 7) is 1.86. The van der Waals surface area contributed by atoms with E-state index in [1.165, 1.54) is 6.26 Å². The molecule has 4 rings (SSSR count). The second kappa shape index (κ2) is 5.20. The van der Waals surface area contributed by atoms with Gasteiger partial charge in [-0.2, -0.15) is 0 Å². The molecule has 3 aromatic rings. The van der Waals surface area contributed by atoms with Crippen LogP contribution in [0.25, 0.3) is 11.5 Å². The van der Waals surface area contributed by atoms with E-state index in [4.69, 9.17) is 18.4 Å². The summed E-state index contributed by atoms with van der Waals surface area (Å²) in [4.78, 5) is 12.6. The zero-order chi connectivity index (χ0) is 15.8. The molecule has 0 atom stereocenters. The van der Waals surface area contributed by atoms with Crippen molar-refractivity contribution in [1.29, 1.82) is 0 Å². The fourth-order valence-electron chi connectivity index (χ4n) is 2.39. The molecule has 1 amide bonds. The molecule has 1 N–H and O–H groups in total. The van der Waals surface area contributed by atoms with Gasteiger partial charge < -0.3 is 23.7 Å². The number of rotatable bonds is 3. The topological polar surface area (TPSA) is 86.7 Å². The van der Waals surface area contributed by atoms with Gasteiger partial charge in [-0.1, -0.05) is 5.16 Å². The quantitative estimate of drug-likeness (QED) is 0.799. The number of fused-ring (bicyclic) bond motifs is 1. The number of amides is 1. The second-order valence-corrected chi connectivity index (χ2v) is 4.96. The Morgan fingerprint density at radius 3 is 2.91 bits per heavy atom. The van der Waals surface area contributed by atoms with Crippen molar-refractivity contribution < 1.29 is 23.2 Å². The third kappa shape index (κ3) is 2.32. The Labute approximate surface area is 130 Å². The van der Waals surface area contributed by atoms with Crippen LogP contribution in [-0.4, -0.2) is 17.9 Å². The number of benzene rings is 1. The molecule has 1 aliphatic heterocycles. The maximum atomic E-state index is 12.6. The summed E-state index contributed by atoms with van der Waals surface area (Å²) in [5.74, 6) is 1.79. The molecule has 0 saturated carbocycles. The van der Waals surface area contributed by atoms with E-state index in [1.807, 2.05) is 0 Å². The number of hydrogen-bond acceptors (Lipinski definition) is 6. The molecule has 0 spiro atoms. The van der Waals surface area contributed by atoms with Gasteiger partial charge >= 0.3 is 0 Å². The standard InChI is InChI=1S/C16H12N2O5/c1-9-14(15(18-23-9)12-3-2-6-20-12)16(19)17-10-4-5-11-13(7-10)22-8-21-11/h2-7H,8H2,1H3,(H,17,19). The molecule has 0 bridgehead atoms. The lowest BCUT2D eigenvalue weighted by Crippen LogP contribution is -2.13. The number of nitrogens with zero attached hydrogens (tertiary/aromatic N) is 1. The first-order chi connectivity index (χ1) is 11.2. The molecule has 7 heteroatoms. The summed E-state index contributed by atoms with van der Waals surface area (Å²) in [5, 5.41) is 6.71. The number of carbonyl (C=O) groups is 1. The van der Waals surface area contributed by atoms with Gasteiger partial charge in [-0.15, -0.1) is 0 Å². The Kier molecular flexibility index (Phi) is 3.04. The number of aryl methyl sites for hydroxylation is 1. The van der Waals surface area contributed by atoms with Crippen molar-refractivity contribution >= 4 is 11.6 Å². The molecular weight excluding hydrogens is 300 g/mol. The highest BCUT2D eigenvalue weighted by Crippen LogP contribution is 2.34. The lowest BCUT2D eigenvalue weighted by Gasteiger charge is -2.06. The van der Waals surface area contributed by atoms with Gasteiger partial charge in [0.2, 0.25) is 6.79 Å². The highest BCUT2D eigenvalue weighted by molar-refractivity contribution is 6.08. The van der Waals surface area contributed by atoms with Crippen molar-refractivity contribution in [2.45, 2.75) is 6.92 Å². The number of nitrogens with one attached hydrogen (secondary N) is 1. The first-order valence-corrected chi connectivity index (χ1v) is 6.93. The highest BCUT2D eigenvalue weighted by Gasteiger charge is 2.24. The Bertz CT molecular complexity index is 867. The van der Waals surface area contributed by atoms with Gasteiger partial charge in [-0.05, 0) is 31.2 Å². The van der Waals surface area contributed by atoms with E-state index in [0.29, 0.717) is 40.0 Å². The van der Waals surface area contributed by atoms with Gasteiger partial charge in [0.05, 0.1) is 6.26 Å². The molecule has 116 valence electrons. The second-order valence-electron chi connectivity index (χ2n) is 4.96. The van der Waals surface area contributed by atoms with Crippen LogP contribution in [0.4, 0.5) is 5.69 Å². The van der Waals surface area contributed by atoms with Crippen LogP contribution in [-0.2, 0) is 0 Å². The van der Waals surface area contributed by atoms with E-state index in [0.717, 1.165) is 0 Å². The van der Waals surface area contributed by atoms with E-state index in [1.54, 1.807) is 37.3 Å². The van der Waals surface area contributed by atoms with E-state index in [2.05, 4.69) is 10.5 Å². The minimum atomic E-state index is -0.339. The third-order valence-electron chi connectivity index (χ3n) is 3.47. The van der Waals surface area contributed by atoms with Crippen LogP contribution in [0.1, 0.15) is 16.1 Å². The molecule has 3 heterocycles. The molecule has 23 heavy (non-hydrogen) atoms. The average Bonchev–Trinajstić information content (AvgIpc) is 3.26. The summed E-state index contributed by atoms with van der Waals surface area (Å²) in [6, 6.07) is 8.62. The maximum absolute atomic E-state index is 12.6. The van der Waals surface area contributed by atoms with Crippen molar-refractivity contribution in [2.75, 3.05) is 12.1 Å². The largest absolute Gasteiger partial charge is 0.463 e. The van der Waals surface area contributed by atoms with Crippen LogP contribution in [0.15, 0.2) is 45.5 Å². The minimum Gasteiger partial charge on any atom is -0.463 e. The summed E-state index contributed by atoms with van der Waals surface area (Å²) >= 11 is 0. The molecule has 0 fully saturated rings. The van der Waals surface area contributed by atoms with Gasteiger partial charge in [-0.25, -0.2) is 0 Å². The van der Waals surface area contributed by atoms with Gasteiger partial charge in [0, 0.05) is 11.8 Å². The normalized spacial score (nSPS) is 12.4. The molecule has 7 nitrogen and oxygen atoms in total. The fraction of sp³-hybridized carbons (Fsp3) is 0.125. The summed E-state index contributed by atoms with van der Waals surface area (Å²) in [7, 11) is 0. The van der Waals surface area contributed by atoms with E-state index in [-0.39, 0.29) is 12.7 Å². The summed E-state index contributed by atoms with van der Waals surface area (Å²) in [6.07, 6.45) is 1.51. The highest BCUT2D eigenvalue weighted by atomic mass is 16.7. The number of aromatic nitrogens is 1. The lowest BCUT2D eigenvalue weighted by atomic mass is 10.1. The number of hydrogen-bond donors (Lipinski definition) is 1. The first-order valence-electron chi connectivity index (χ1n) is 6.93. The molecular formula is C16H12N2O5. The predicted molar refractivity (Wildman–Crippen MR) is 79.5 cm³/mol. The summed E-state index contributed by atoms with van der Waals surface area (Å²) < 4.78 is 21.0.